The molecule has 0 bridgehead atoms. The van der Waals surface area contributed by atoms with E-state index >= 15 is 0 Å². The molecule has 2 aliphatic rings. The number of fused-ring (bicyclic) bond motifs is 1. The van der Waals surface area contributed by atoms with E-state index in [4.69, 9.17) is 32.0 Å². The molecule has 0 atom stereocenters. The summed E-state index contributed by atoms with van der Waals surface area (Å²) in [6, 6.07) is 10.3. The third kappa shape index (κ3) is 10.1. The van der Waals surface area contributed by atoms with Gasteiger partial charge in [0.1, 0.15) is 5.75 Å². The lowest BCUT2D eigenvalue weighted by atomic mass is 10.0. The largest absolute Gasteiger partial charge is 0.496 e. The number of ether oxygens (including phenoxy) is 1. The van der Waals surface area contributed by atoms with Gasteiger partial charge in [0.15, 0.2) is 0 Å². The Bertz CT molecular complexity index is 1330. The number of likely N-dealkylation sites (tertiary alicyclic amines) is 1. The number of nitrogens with two attached hydrogens (primary N) is 1. The molecule has 1 fully saturated rings. The zero-order valence-corrected chi connectivity index (χ0v) is 25.8. The van der Waals surface area contributed by atoms with Crippen LogP contribution in [0.3, 0.4) is 0 Å². The number of imide groups is 1. The van der Waals surface area contributed by atoms with E-state index in [0.29, 0.717) is 39.7 Å². The molecule has 3 amide bonds. The number of amides is 3. The zero-order chi connectivity index (χ0) is 33.1. The topological polar surface area (TPSA) is 142 Å². The molecule has 1 saturated heterocycles. The van der Waals surface area contributed by atoms with Crippen molar-refractivity contribution in [1.29, 1.82) is 0 Å². The van der Waals surface area contributed by atoms with Gasteiger partial charge in [-0.05, 0) is 50.4 Å². The number of halogens is 4. The SMILES string of the molecule is COc1cc(N)c(Cl)cc1C(=O)NC1CCN(CCCCCCCCN2C(=O)c3ccccc3C2=O)CC1.O=C(O)C(F)(F)F. The van der Waals surface area contributed by atoms with Gasteiger partial charge in [-0.3, -0.25) is 19.3 Å². The third-order valence-corrected chi connectivity index (χ3v) is 8.04. The summed E-state index contributed by atoms with van der Waals surface area (Å²) in [4.78, 5) is 50.4. The standard InChI is InChI=1S/C29H37ClN4O4.C2HF3O2/c1-38-26-19-25(31)24(30)18-23(26)27(35)32-20-12-16-33(17-13-20)14-8-4-2-3-5-9-15-34-28(36)21-10-6-7-11-22(21)29(34)37;3-2(4,5)1(6)7/h6-7,10-11,18-20H,2-5,8-9,12-17,31H2,1H3,(H,32,35);(H,6,7). The first-order chi connectivity index (χ1) is 21.3. The average Bonchev–Trinajstić information content (AvgIpc) is 3.25. The Morgan fingerprint density at radius 3 is 2.00 bits per heavy atom. The predicted molar refractivity (Wildman–Crippen MR) is 163 cm³/mol. The fourth-order valence-corrected chi connectivity index (χ4v) is 5.40. The lowest BCUT2D eigenvalue weighted by Crippen LogP contribution is -2.44. The van der Waals surface area contributed by atoms with Crippen LogP contribution in [0.4, 0.5) is 18.9 Å². The molecule has 2 aromatic carbocycles. The van der Waals surface area contributed by atoms with Crippen molar-refractivity contribution in [2.75, 3.05) is 39.0 Å². The Morgan fingerprint density at radius 2 is 1.49 bits per heavy atom. The van der Waals surface area contributed by atoms with Gasteiger partial charge in [0, 0.05) is 31.7 Å². The number of anilines is 1. The van der Waals surface area contributed by atoms with Gasteiger partial charge in [0.05, 0.1) is 34.5 Å². The number of nitrogens with zero attached hydrogens (tertiary/aromatic N) is 2. The molecule has 4 N–H and O–H groups in total. The first-order valence-corrected chi connectivity index (χ1v) is 15.1. The molecule has 2 heterocycles. The molecule has 2 aliphatic heterocycles. The van der Waals surface area contributed by atoms with Crippen LogP contribution in [0.2, 0.25) is 5.02 Å². The normalized spacial score (nSPS) is 15.4. The fourth-order valence-electron chi connectivity index (χ4n) is 5.23. The number of nitrogen functional groups attached to an aromatic ring is 1. The smallest absolute Gasteiger partial charge is 0.490 e. The van der Waals surface area contributed by atoms with E-state index in [2.05, 4.69) is 10.2 Å². The first-order valence-electron chi connectivity index (χ1n) is 14.7. The molecule has 45 heavy (non-hydrogen) atoms. The Labute approximate surface area is 264 Å². The van der Waals surface area contributed by atoms with Crippen molar-refractivity contribution in [2.45, 2.75) is 63.6 Å². The summed E-state index contributed by atoms with van der Waals surface area (Å²) in [5.74, 6) is -2.85. The second kappa shape index (κ2) is 16.5. The van der Waals surface area contributed by atoms with Gasteiger partial charge in [0.25, 0.3) is 17.7 Å². The van der Waals surface area contributed by atoms with Crippen LogP contribution in [0.1, 0.15) is 82.4 Å². The summed E-state index contributed by atoms with van der Waals surface area (Å²) < 4.78 is 37.0. The number of unbranched alkanes of at least 4 members (excludes halogenated alkanes) is 5. The van der Waals surface area contributed by atoms with E-state index in [9.17, 15) is 27.6 Å². The highest BCUT2D eigenvalue weighted by molar-refractivity contribution is 6.33. The monoisotopic (exact) mass is 654 g/mol. The number of aliphatic carboxylic acids is 1. The number of carbonyl (C=O) groups is 4. The number of hydrogen-bond donors (Lipinski definition) is 3. The number of piperidine rings is 1. The summed E-state index contributed by atoms with van der Waals surface area (Å²) >= 11 is 6.10. The lowest BCUT2D eigenvalue weighted by Gasteiger charge is -2.32. The molecule has 0 radical (unpaired) electrons. The number of benzene rings is 2. The van der Waals surface area contributed by atoms with Crippen molar-refractivity contribution in [2.24, 2.45) is 0 Å². The highest BCUT2D eigenvalue weighted by Gasteiger charge is 2.38. The lowest BCUT2D eigenvalue weighted by molar-refractivity contribution is -0.192. The van der Waals surface area contributed by atoms with Crippen molar-refractivity contribution < 1.29 is 42.2 Å². The van der Waals surface area contributed by atoms with Crippen molar-refractivity contribution in [3.63, 3.8) is 0 Å². The van der Waals surface area contributed by atoms with Crippen LogP contribution in [0.15, 0.2) is 36.4 Å². The second-order valence-corrected chi connectivity index (χ2v) is 11.3. The molecule has 0 aliphatic carbocycles. The molecule has 14 heteroatoms. The maximum absolute atomic E-state index is 12.8. The maximum atomic E-state index is 12.8. The van der Waals surface area contributed by atoms with Crippen LogP contribution in [0, 0.1) is 0 Å². The second-order valence-electron chi connectivity index (χ2n) is 10.9. The molecular formula is C31H38ClF3N4O6. The van der Waals surface area contributed by atoms with Crippen LogP contribution in [0.5, 0.6) is 5.75 Å². The first kappa shape index (κ1) is 35.6. The molecule has 2 aromatic rings. The number of alkyl halides is 3. The third-order valence-electron chi connectivity index (χ3n) is 7.71. The van der Waals surface area contributed by atoms with Gasteiger partial charge in [-0.2, -0.15) is 13.2 Å². The van der Waals surface area contributed by atoms with Gasteiger partial charge in [-0.25, -0.2) is 4.79 Å². The fraction of sp³-hybridized carbons (Fsp3) is 0.484. The molecular weight excluding hydrogens is 617 g/mol. The van der Waals surface area contributed by atoms with E-state index in [1.54, 1.807) is 36.4 Å². The molecule has 0 saturated carbocycles. The zero-order valence-electron chi connectivity index (χ0n) is 25.0. The quantitative estimate of drug-likeness (QED) is 0.157. The van der Waals surface area contributed by atoms with Gasteiger partial charge in [-0.1, -0.05) is 49.4 Å². The minimum absolute atomic E-state index is 0.127. The molecule has 0 unspecified atom stereocenters. The Kier molecular flexibility index (Phi) is 13.0. The number of nitrogens with one attached hydrogen (secondary N) is 1. The number of carboxylic acid groups (broad SMARTS) is 1. The summed E-state index contributed by atoms with van der Waals surface area (Å²) in [6.07, 6.45) is 3.18. The number of carboxylic acids is 1. The van der Waals surface area contributed by atoms with Crippen molar-refractivity contribution in [3.8, 4) is 5.75 Å². The highest BCUT2D eigenvalue weighted by atomic mass is 35.5. The predicted octanol–water partition coefficient (Wildman–Crippen LogP) is 5.40. The van der Waals surface area contributed by atoms with Crippen molar-refractivity contribution in [3.05, 3.63) is 58.1 Å². The van der Waals surface area contributed by atoms with Crippen LogP contribution < -0.4 is 15.8 Å². The van der Waals surface area contributed by atoms with Gasteiger partial charge in [-0.15, -0.1) is 0 Å². The van der Waals surface area contributed by atoms with E-state index < -0.39 is 12.1 Å². The van der Waals surface area contributed by atoms with Gasteiger partial charge < -0.3 is 25.8 Å². The average molecular weight is 655 g/mol. The molecule has 246 valence electrons. The number of rotatable bonds is 12. The molecule has 10 nitrogen and oxygen atoms in total. The van der Waals surface area contributed by atoms with Crippen LogP contribution >= 0.6 is 11.6 Å². The summed E-state index contributed by atoms with van der Waals surface area (Å²) in [5.41, 5.74) is 7.65. The summed E-state index contributed by atoms with van der Waals surface area (Å²) in [7, 11) is 1.51. The van der Waals surface area contributed by atoms with Gasteiger partial charge in [0.2, 0.25) is 0 Å². The number of carbonyl (C=O) groups excluding carboxylic acids is 3. The molecule has 0 spiro atoms. The minimum Gasteiger partial charge on any atom is -0.496 e. The van der Waals surface area contributed by atoms with E-state index in [1.807, 2.05) is 0 Å². The summed E-state index contributed by atoms with van der Waals surface area (Å²) in [6.45, 7) is 3.49. The molecule has 4 rings (SSSR count). The highest BCUT2D eigenvalue weighted by Crippen LogP contribution is 2.29. The van der Waals surface area contributed by atoms with Crippen molar-refractivity contribution in [1.82, 2.24) is 15.1 Å². The van der Waals surface area contributed by atoms with Crippen LogP contribution in [0.25, 0.3) is 0 Å². The van der Waals surface area contributed by atoms with Crippen LogP contribution in [-0.4, -0.2) is 84.1 Å². The maximum Gasteiger partial charge on any atom is 0.490 e. The van der Waals surface area contributed by atoms with Crippen LogP contribution in [-0.2, 0) is 4.79 Å². The Hall–Kier alpha value is -3.84. The Morgan fingerprint density at radius 1 is 0.978 bits per heavy atom. The Balaban J connectivity index is 0.000000707. The van der Waals surface area contributed by atoms with Crippen molar-refractivity contribution >= 4 is 41.0 Å². The summed E-state index contributed by atoms with van der Waals surface area (Å²) in [5, 5.41) is 10.6. The van der Waals surface area contributed by atoms with E-state index in [0.717, 1.165) is 64.6 Å². The van der Waals surface area contributed by atoms with E-state index in [1.165, 1.54) is 18.4 Å². The van der Waals surface area contributed by atoms with E-state index in [-0.39, 0.29) is 23.8 Å². The van der Waals surface area contributed by atoms with Gasteiger partial charge >= 0.3 is 12.1 Å². The number of hydrogen-bond acceptors (Lipinski definition) is 7. The molecule has 0 aromatic heterocycles. The minimum atomic E-state index is -5.08. The number of methoxy groups -OCH3 is 1.